The fraction of sp³-hybridized carbons (Fsp3) is 0.333. The van der Waals surface area contributed by atoms with Crippen LogP contribution in [0.15, 0.2) is 40.5 Å². The van der Waals surface area contributed by atoms with E-state index in [4.69, 9.17) is 4.74 Å². The molecular formula is C21H21N3O5S. The first kappa shape index (κ1) is 20.2. The molecule has 0 saturated carbocycles. The molecule has 8 nitrogen and oxygen atoms in total. The summed E-state index contributed by atoms with van der Waals surface area (Å²) in [4.78, 5) is 42.2. The smallest absolute Gasteiger partial charge is 0.337 e. The predicted molar refractivity (Wildman–Crippen MR) is 112 cm³/mol. The van der Waals surface area contributed by atoms with Crippen LogP contribution in [-0.4, -0.2) is 45.8 Å². The molecule has 0 spiro atoms. The number of benzene rings is 1. The minimum absolute atomic E-state index is 0.00875. The Morgan fingerprint density at radius 1 is 1.30 bits per heavy atom. The van der Waals surface area contributed by atoms with Crippen LogP contribution in [0.1, 0.15) is 34.6 Å². The Morgan fingerprint density at radius 3 is 2.80 bits per heavy atom. The molecule has 2 aromatic heterocycles. The normalized spacial score (nSPS) is 16.1. The quantitative estimate of drug-likeness (QED) is 0.597. The summed E-state index contributed by atoms with van der Waals surface area (Å²) in [6.45, 7) is 0.847. The number of aromatic carboxylic acids is 1. The van der Waals surface area contributed by atoms with E-state index < -0.39 is 11.5 Å². The van der Waals surface area contributed by atoms with E-state index in [1.54, 1.807) is 0 Å². The van der Waals surface area contributed by atoms with Gasteiger partial charge in [-0.3, -0.25) is 14.2 Å². The van der Waals surface area contributed by atoms with Gasteiger partial charge in [0, 0.05) is 25.0 Å². The van der Waals surface area contributed by atoms with E-state index in [1.165, 1.54) is 9.95 Å². The lowest BCUT2D eigenvalue weighted by atomic mass is 10.1. The highest BCUT2D eigenvalue weighted by atomic mass is 32.1. The third-order valence-electron chi connectivity index (χ3n) is 5.06. The molecule has 1 atom stereocenters. The zero-order valence-corrected chi connectivity index (χ0v) is 17.0. The number of fused-ring (bicyclic) bond motifs is 1. The molecule has 1 fully saturated rings. The number of thiophene rings is 1. The highest BCUT2D eigenvalue weighted by Crippen LogP contribution is 2.22. The van der Waals surface area contributed by atoms with Crippen LogP contribution in [-0.2, 0) is 22.5 Å². The maximum atomic E-state index is 13.2. The second-order valence-electron chi connectivity index (χ2n) is 7.16. The molecule has 0 radical (unpaired) electrons. The fourth-order valence-corrected chi connectivity index (χ4v) is 4.45. The number of carboxylic acid groups (broad SMARTS) is 1. The third kappa shape index (κ3) is 4.27. The average molecular weight is 427 g/mol. The first-order chi connectivity index (χ1) is 14.5. The predicted octanol–water partition coefficient (Wildman–Crippen LogP) is 2.04. The molecule has 3 aromatic rings. The summed E-state index contributed by atoms with van der Waals surface area (Å²) < 4.78 is 6.79. The molecule has 1 saturated heterocycles. The van der Waals surface area contributed by atoms with E-state index in [2.05, 4.69) is 10.3 Å². The van der Waals surface area contributed by atoms with E-state index >= 15 is 0 Å². The molecule has 4 rings (SSSR count). The Labute approximate surface area is 176 Å². The molecular weight excluding hydrogens is 406 g/mol. The van der Waals surface area contributed by atoms with Crippen molar-refractivity contribution in [1.29, 1.82) is 0 Å². The number of nitrogens with one attached hydrogen (secondary N) is 1. The topological polar surface area (TPSA) is 111 Å². The summed E-state index contributed by atoms with van der Waals surface area (Å²) >= 11 is 1.11. The van der Waals surface area contributed by atoms with Gasteiger partial charge in [0.25, 0.3) is 5.56 Å². The maximum Gasteiger partial charge on any atom is 0.337 e. The van der Waals surface area contributed by atoms with Crippen molar-refractivity contribution in [2.24, 2.45) is 0 Å². The summed E-state index contributed by atoms with van der Waals surface area (Å²) in [5, 5.41) is 13.7. The Kier molecular flexibility index (Phi) is 5.91. The number of carbonyl (C=O) groups excluding carboxylic acids is 1. The number of ether oxygens (including phenoxy) is 1. The summed E-state index contributed by atoms with van der Waals surface area (Å²) in [5.74, 6) is -1.11. The molecule has 9 heteroatoms. The largest absolute Gasteiger partial charge is 0.478 e. The van der Waals surface area contributed by atoms with Crippen molar-refractivity contribution >= 4 is 33.4 Å². The van der Waals surface area contributed by atoms with Crippen LogP contribution in [0, 0.1) is 0 Å². The zero-order chi connectivity index (χ0) is 21.1. The fourth-order valence-electron chi connectivity index (χ4n) is 3.53. The number of carbonyl (C=O) groups is 2. The van der Waals surface area contributed by atoms with Crippen LogP contribution in [0.5, 0.6) is 0 Å². The number of hydrogen-bond donors (Lipinski definition) is 2. The van der Waals surface area contributed by atoms with Crippen molar-refractivity contribution < 1.29 is 19.4 Å². The van der Waals surface area contributed by atoms with Crippen molar-refractivity contribution in [1.82, 2.24) is 14.9 Å². The Morgan fingerprint density at radius 2 is 2.10 bits per heavy atom. The van der Waals surface area contributed by atoms with E-state index in [0.29, 0.717) is 30.2 Å². The number of carboxylic acids is 1. The zero-order valence-electron chi connectivity index (χ0n) is 16.2. The molecule has 1 aromatic carbocycles. The number of amides is 1. The molecule has 1 aliphatic heterocycles. The lowest BCUT2D eigenvalue weighted by Crippen LogP contribution is -2.38. The first-order valence-corrected chi connectivity index (χ1v) is 10.6. The Bertz CT molecular complexity index is 1130. The van der Waals surface area contributed by atoms with Gasteiger partial charge in [0.15, 0.2) is 0 Å². The van der Waals surface area contributed by atoms with Crippen molar-refractivity contribution in [2.75, 3.05) is 13.2 Å². The van der Waals surface area contributed by atoms with Crippen molar-refractivity contribution in [2.45, 2.75) is 31.9 Å². The molecule has 1 unspecified atom stereocenters. The molecule has 2 N–H and O–H groups in total. The number of aromatic nitrogens is 2. The van der Waals surface area contributed by atoms with E-state index in [9.17, 15) is 19.5 Å². The van der Waals surface area contributed by atoms with E-state index in [1.807, 2.05) is 30.3 Å². The van der Waals surface area contributed by atoms with E-state index in [0.717, 1.165) is 29.7 Å². The van der Waals surface area contributed by atoms with Gasteiger partial charge in [0.1, 0.15) is 17.2 Å². The summed E-state index contributed by atoms with van der Waals surface area (Å²) in [6, 6.07) is 9.49. The van der Waals surface area contributed by atoms with Gasteiger partial charge in [-0.2, -0.15) is 0 Å². The summed E-state index contributed by atoms with van der Waals surface area (Å²) in [5.41, 5.74) is 0.330. The van der Waals surface area contributed by atoms with Crippen LogP contribution in [0.3, 0.4) is 0 Å². The van der Waals surface area contributed by atoms with Crippen LogP contribution in [0.2, 0.25) is 0 Å². The highest BCUT2D eigenvalue weighted by Gasteiger charge is 2.22. The monoisotopic (exact) mass is 427 g/mol. The van der Waals surface area contributed by atoms with Crippen LogP contribution < -0.4 is 10.9 Å². The van der Waals surface area contributed by atoms with Gasteiger partial charge in [0.2, 0.25) is 5.91 Å². The first-order valence-electron chi connectivity index (χ1n) is 9.69. The second kappa shape index (κ2) is 8.76. The number of nitrogens with zero attached hydrogens (tertiary/aromatic N) is 2. The lowest BCUT2D eigenvalue weighted by molar-refractivity contribution is -0.122. The van der Waals surface area contributed by atoms with Gasteiger partial charge in [-0.25, -0.2) is 9.78 Å². The minimum atomic E-state index is -1.19. The highest BCUT2D eigenvalue weighted by molar-refractivity contribution is 7.17. The van der Waals surface area contributed by atoms with Gasteiger partial charge in [0.05, 0.1) is 17.1 Å². The Hall–Kier alpha value is -3.04. The van der Waals surface area contributed by atoms with Gasteiger partial charge in [-0.1, -0.05) is 30.3 Å². The van der Waals surface area contributed by atoms with Gasteiger partial charge < -0.3 is 15.2 Å². The molecule has 1 aliphatic rings. The van der Waals surface area contributed by atoms with Crippen LogP contribution in [0.4, 0.5) is 0 Å². The minimum Gasteiger partial charge on any atom is -0.478 e. The van der Waals surface area contributed by atoms with Gasteiger partial charge in [-0.05, 0) is 18.4 Å². The number of hydrogen-bond acceptors (Lipinski definition) is 6. The van der Waals surface area contributed by atoms with Gasteiger partial charge >= 0.3 is 5.97 Å². The SMILES string of the molecule is O=C(Cn1c(Cc2ccccc2)nc2scc(C(=O)O)c2c1=O)NCC1CCCO1. The summed E-state index contributed by atoms with van der Waals surface area (Å²) in [7, 11) is 0. The van der Waals surface area contributed by atoms with E-state index in [-0.39, 0.29) is 29.5 Å². The van der Waals surface area contributed by atoms with Crippen LogP contribution in [0.25, 0.3) is 10.2 Å². The molecule has 1 amide bonds. The Balaban J connectivity index is 1.68. The molecule has 3 heterocycles. The lowest BCUT2D eigenvalue weighted by Gasteiger charge is -2.14. The maximum absolute atomic E-state index is 13.2. The molecule has 30 heavy (non-hydrogen) atoms. The standard InChI is InChI=1S/C21H21N3O5S/c25-17(22-10-14-7-4-8-29-14)11-24-16(9-13-5-2-1-3-6-13)23-19-18(20(24)26)15(12-30-19)21(27)28/h1-3,5-6,12,14H,4,7-11H2,(H,22,25)(H,27,28). The van der Waals surface area contributed by atoms with Crippen molar-refractivity contribution in [3.05, 3.63) is 63.0 Å². The third-order valence-corrected chi connectivity index (χ3v) is 5.93. The average Bonchev–Trinajstić information content (AvgIpc) is 3.40. The van der Waals surface area contributed by atoms with Gasteiger partial charge in [-0.15, -0.1) is 11.3 Å². The molecule has 156 valence electrons. The number of rotatable bonds is 7. The van der Waals surface area contributed by atoms with Crippen molar-refractivity contribution in [3.8, 4) is 0 Å². The molecule has 0 bridgehead atoms. The van der Waals surface area contributed by atoms with Crippen molar-refractivity contribution in [3.63, 3.8) is 0 Å². The second-order valence-corrected chi connectivity index (χ2v) is 8.01. The summed E-state index contributed by atoms with van der Waals surface area (Å²) in [6.07, 6.45) is 2.21. The van der Waals surface area contributed by atoms with Crippen LogP contribution >= 0.6 is 11.3 Å². The molecule has 0 aliphatic carbocycles.